The molecular formula is C11H7Br2N3O4. The van der Waals surface area contributed by atoms with E-state index in [0.717, 1.165) is 0 Å². The maximum atomic E-state index is 11.0. The van der Waals surface area contributed by atoms with Crippen LogP contribution in [0.25, 0.3) is 0 Å². The molecule has 0 saturated carbocycles. The molecule has 0 heterocycles. The molecule has 0 bridgehead atoms. The lowest BCUT2D eigenvalue weighted by Gasteiger charge is -2.06. The maximum absolute atomic E-state index is 11.0. The zero-order valence-corrected chi connectivity index (χ0v) is 12.9. The number of amides is 1. The number of nitriles is 1. The van der Waals surface area contributed by atoms with Crippen LogP contribution in [0.5, 0.6) is 5.75 Å². The van der Waals surface area contributed by atoms with E-state index in [1.54, 1.807) is 18.2 Å². The predicted molar refractivity (Wildman–Crippen MR) is 76.5 cm³/mol. The quantitative estimate of drug-likeness (QED) is 0.346. The van der Waals surface area contributed by atoms with Gasteiger partial charge in [-0.2, -0.15) is 10.4 Å². The van der Waals surface area contributed by atoms with Gasteiger partial charge in [-0.1, -0.05) is 0 Å². The number of hydrogen-bond donors (Lipinski definition) is 2. The lowest BCUT2D eigenvalue weighted by Crippen LogP contribution is -2.16. The topological polar surface area (TPSA) is 112 Å². The SMILES string of the molecule is N#CCC(=O)N/N=C\c1cc(Br)c(OC(=O)O)c(Br)c1. The minimum Gasteiger partial charge on any atom is -0.449 e. The van der Waals surface area contributed by atoms with Gasteiger partial charge in [-0.15, -0.1) is 0 Å². The first-order valence-corrected chi connectivity index (χ1v) is 6.61. The van der Waals surface area contributed by atoms with Crippen molar-refractivity contribution in [2.75, 3.05) is 0 Å². The molecule has 0 saturated heterocycles. The third kappa shape index (κ3) is 4.99. The van der Waals surface area contributed by atoms with E-state index in [2.05, 4.69) is 47.1 Å². The molecule has 104 valence electrons. The van der Waals surface area contributed by atoms with Crippen molar-refractivity contribution in [1.82, 2.24) is 5.43 Å². The molecule has 0 radical (unpaired) electrons. The van der Waals surface area contributed by atoms with Crippen molar-refractivity contribution < 1.29 is 19.4 Å². The summed E-state index contributed by atoms with van der Waals surface area (Å²) in [5.41, 5.74) is 2.75. The smallest absolute Gasteiger partial charge is 0.449 e. The average molecular weight is 405 g/mol. The Balaban J connectivity index is 2.84. The van der Waals surface area contributed by atoms with E-state index in [0.29, 0.717) is 14.5 Å². The van der Waals surface area contributed by atoms with Gasteiger partial charge in [0.2, 0.25) is 0 Å². The summed E-state index contributed by atoms with van der Waals surface area (Å²) >= 11 is 6.32. The van der Waals surface area contributed by atoms with Gasteiger partial charge in [-0.3, -0.25) is 4.79 Å². The number of nitrogens with one attached hydrogen (secondary N) is 1. The van der Waals surface area contributed by atoms with E-state index in [9.17, 15) is 9.59 Å². The molecule has 0 unspecified atom stereocenters. The zero-order chi connectivity index (χ0) is 15.1. The summed E-state index contributed by atoms with van der Waals surface area (Å²) in [4.78, 5) is 21.5. The van der Waals surface area contributed by atoms with Crippen molar-refractivity contribution in [1.29, 1.82) is 5.26 Å². The summed E-state index contributed by atoms with van der Waals surface area (Å²) in [5, 5.41) is 20.5. The average Bonchev–Trinajstić information content (AvgIpc) is 2.34. The predicted octanol–water partition coefficient (Wildman–Crippen LogP) is 2.63. The van der Waals surface area contributed by atoms with Gasteiger partial charge in [0.05, 0.1) is 21.2 Å². The van der Waals surface area contributed by atoms with Gasteiger partial charge >= 0.3 is 6.16 Å². The van der Waals surface area contributed by atoms with Gasteiger partial charge in [0.15, 0.2) is 5.75 Å². The van der Waals surface area contributed by atoms with Gasteiger partial charge in [0, 0.05) is 0 Å². The Kier molecular flexibility index (Phi) is 6.14. The number of hydrogen-bond acceptors (Lipinski definition) is 5. The summed E-state index contributed by atoms with van der Waals surface area (Å²) in [6, 6.07) is 4.80. The molecule has 1 aromatic carbocycles. The van der Waals surface area contributed by atoms with E-state index < -0.39 is 12.1 Å². The number of nitrogens with zero attached hydrogens (tertiary/aromatic N) is 2. The Morgan fingerprint density at radius 1 is 1.45 bits per heavy atom. The molecule has 0 aliphatic carbocycles. The number of hydrazone groups is 1. The van der Waals surface area contributed by atoms with Gasteiger partial charge < -0.3 is 9.84 Å². The van der Waals surface area contributed by atoms with Crippen LogP contribution in [-0.2, 0) is 4.79 Å². The number of benzene rings is 1. The molecular weight excluding hydrogens is 398 g/mol. The molecule has 9 heteroatoms. The Labute approximate surface area is 130 Å². The number of halogens is 2. The second kappa shape index (κ2) is 7.62. The Morgan fingerprint density at radius 2 is 2.05 bits per heavy atom. The first kappa shape index (κ1) is 16.1. The van der Waals surface area contributed by atoms with Crippen LogP contribution in [0.4, 0.5) is 4.79 Å². The second-order valence-electron chi connectivity index (χ2n) is 3.31. The van der Waals surface area contributed by atoms with Crippen molar-refractivity contribution >= 4 is 50.1 Å². The summed E-state index contributed by atoms with van der Waals surface area (Å²) < 4.78 is 5.38. The van der Waals surface area contributed by atoms with Crippen molar-refractivity contribution in [2.24, 2.45) is 5.10 Å². The standard InChI is InChI=1S/C11H7Br2N3O4/c12-7-3-6(5-15-16-9(17)1-2-14)4-8(13)10(7)20-11(18)19/h3-5H,1H2,(H,16,17)(H,18,19)/b15-5-. The third-order valence-electron chi connectivity index (χ3n) is 1.85. The maximum Gasteiger partial charge on any atom is 0.511 e. The van der Waals surface area contributed by atoms with E-state index in [1.807, 2.05) is 0 Å². The van der Waals surface area contributed by atoms with Gasteiger partial charge in [-0.05, 0) is 49.6 Å². The highest BCUT2D eigenvalue weighted by atomic mass is 79.9. The summed E-state index contributed by atoms with van der Waals surface area (Å²) in [5.74, 6) is -0.407. The monoisotopic (exact) mass is 403 g/mol. The molecule has 1 aromatic rings. The molecule has 0 atom stereocenters. The van der Waals surface area contributed by atoms with Crippen LogP contribution < -0.4 is 10.2 Å². The molecule has 1 rings (SSSR count). The highest BCUT2D eigenvalue weighted by Gasteiger charge is 2.11. The van der Waals surface area contributed by atoms with Crippen LogP contribution in [0.15, 0.2) is 26.2 Å². The zero-order valence-electron chi connectivity index (χ0n) is 9.76. The van der Waals surface area contributed by atoms with Gasteiger partial charge in [0.1, 0.15) is 6.42 Å². The third-order valence-corrected chi connectivity index (χ3v) is 3.03. The molecule has 0 spiro atoms. The minimum absolute atomic E-state index is 0.114. The number of carboxylic acid groups (broad SMARTS) is 1. The second-order valence-corrected chi connectivity index (χ2v) is 5.02. The lowest BCUT2D eigenvalue weighted by molar-refractivity contribution is -0.120. The van der Waals surface area contributed by atoms with E-state index in [4.69, 9.17) is 10.4 Å². The molecule has 7 nitrogen and oxygen atoms in total. The van der Waals surface area contributed by atoms with Crippen LogP contribution in [0, 0.1) is 11.3 Å². The minimum atomic E-state index is -1.43. The number of carbonyl (C=O) groups is 2. The molecule has 1 amide bonds. The van der Waals surface area contributed by atoms with E-state index >= 15 is 0 Å². The summed E-state index contributed by atoms with van der Waals surface area (Å²) in [7, 11) is 0. The number of rotatable bonds is 4. The largest absolute Gasteiger partial charge is 0.511 e. The van der Waals surface area contributed by atoms with Crippen molar-refractivity contribution in [3.05, 3.63) is 26.6 Å². The number of carbonyl (C=O) groups excluding carboxylic acids is 1. The van der Waals surface area contributed by atoms with E-state index in [-0.39, 0.29) is 12.2 Å². The van der Waals surface area contributed by atoms with Crippen molar-refractivity contribution in [2.45, 2.75) is 6.42 Å². The van der Waals surface area contributed by atoms with Gasteiger partial charge in [-0.25, -0.2) is 10.2 Å². The van der Waals surface area contributed by atoms with Crippen LogP contribution >= 0.6 is 31.9 Å². The molecule has 0 aromatic heterocycles. The molecule has 2 N–H and O–H groups in total. The fourth-order valence-electron chi connectivity index (χ4n) is 1.13. The van der Waals surface area contributed by atoms with Crippen molar-refractivity contribution in [3.63, 3.8) is 0 Å². The highest BCUT2D eigenvalue weighted by molar-refractivity contribution is 9.11. The highest BCUT2D eigenvalue weighted by Crippen LogP contribution is 2.34. The summed E-state index contributed by atoms with van der Waals surface area (Å²) in [6.45, 7) is 0. The fraction of sp³-hybridized carbons (Fsp3) is 0.0909. The first-order valence-electron chi connectivity index (χ1n) is 5.02. The fourth-order valence-corrected chi connectivity index (χ4v) is 2.51. The molecule has 0 aliphatic rings. The Morgan fingerprint density at radius 3 is 2.55 bits per heavy atom. The molecule has 20 heavy (non-hydrogen) atoms. The van der Waals surface area contributed by atoms with Crippen molar-refractivity contribution in [3.8, 4) is 11.8 Å². The van der Waals surface area contributed by atoms with Crippen LogP contribution in [0.2, 0.25) is 0 Å². The number of ether oxygens (including phenoxy) is 1. The molecule has 0 fully saturated rings. The Hall–Kier alpha value is -1.92. The first-order chi connectivity index (χ1) is 9.43. The van der Waals surface area contributed by atoms with Crippen LogP contribution in [0.1, 0.15) is 12.0 Å². The normalized spacial score (nSPS) is 10.1. The Bertz CT molecular complexity index is 587. The van der Waals surface area contributed by atoms with Crippen LogP contribution in [-0.4, -0.2) is 23.4 Å². The van der Waals surface area contributed by atoms with Gasteiger partial charge in [0.25, 0.3) is 5.91 Å². The lowest BCUT2D eigenvalue weighted by atomic mass is 10.2. The molecule has 0 aliphatic heterocycles. The summed E-state index contributed by atoms with van der Waals surface area (Å²) in [6.07, 6.45) is -0.373. The van der Waals surface area contributed by atoms with E-state index in [1.165, 1.54) is 6.21 Å². The van der Waals surface area contributed by atoms with Crippen LogP contribution in [0.3, 0.4) is 0 Å².